The molecule has 11 rings (SSSR count). The molecule has 0 radical (unpaired) electrons. The van der Waals surface area contributed by atoms with Gasteiger partial charge in [-0.1, -0.05) is 133 Å². The lowest BCUT2D eigenvalue weighted by atomic mass is 9.98. The molecule has 0 spiro atoms. The molecule has 0 aliphatic carbocycles. The van der Waals surface area contributed by atoms with Gasteiger partial charge in [-0.25, -0.2) is 15.0 Å². The van der Waals surface area contributed by atoms with Gasteiger partial charge in [0.15, 0.2) is 17.5 Å². The van der Waals surface area contributed by atoms with Gasteiger partial charge in [0, 0.05) is 43.6 Å². The van der Waals surface area contributed by atoms with Crippen LogP contribution in [0.2, 0.25) is 0 Å². The lowest BCUT2D eigenvalue weighted by molar-refractivity contribution is 0.668. The maximum Gasteiger partial charge on any atom is 0.164 e. The van der Waals surface area contributed by atoms with Crippen LogP contribution in [0.5, 0.6) is 0 Å². The fourth-order valence-corrected chi connectivity index (χ4v) is 7.67. The summed E-state index contributed by atoms with van der Waals surface area (Å²) in [4.78, 5) is 15.7. The number of hydrogen-bond acceptors (Lipinski definition) is 5. The number of para-hydroxylation sites is 2. The Morgan fingerprint density at radius 1 is 0.308 bits per heavy atom. The summed E-state index contributed by atoms with van der Waals surface area (Å²) in [6.45, 7) is 0. The number of fused-ring (bicyclic) bond motifs is 9. The van der Waals surface area contributed by atoms with E-state index in [1.165, 1.54) is 10.8 Å². The molecule has 0 unspecified atom stereocenters. The summed E-state index contributed by atoms with van der Waals surface area (Å²) in [5, 5.41) is 8.68. The zero-order chi connectivity index (χ0) is 34.2. The van der Waals surface area contributed by atoms with Crippen LogP contribution in [0.25, 0.3) is 111 Å². The van der Waals surface area contributed by atoms with Gasteiger partial charge in [0.05, 0.1) is 0 Å². The number of hydrogen-bond donors (Lipinski definition) is 0. The summed E-state index contributed by atoms with van der Waals surface area (Å²) in [6.07, 6.45) is 0. The molecule has 0 saturated carbocycles. The Morgan fingerprint density at radius 2 is 0.827 bits per heavy atom. The van der Waals surface area contributed by atoms with Crippen LogP contribution in [0.15, 0.2) is 173 Å². The number of rotatable bonds is 4. The summed E-state index contributed by atoms with van der Waals surface area (Å²) in [5.41, 5.74) is 8.28. The molecule has 0 atom stereocenters. The molecule has 0 fully saturated rings. The first-order valence-corrected chi connectivity index (χ1v) is 17.3. The maximum absolute atomic E-state index is 6.33. The Morgan fingerprint density at radius 3 is 1.60 bits per heavy atom. The van der Waals surface area contributed by atoms with Gasteiger partial charge < -0.3 is 8.83 Å². The topological polar surface area (TPSA) is 65.0 Å². The van der Waals surface area contributed by atoms with Crippen LogP contribution < -0.4 is 0 Å². The predicted molar refractivity (Wildman–Crippen MR) is 211 cm³/mol. The Labute approximate surface area is 297 Å². The number of benzene rings is 8. The van der Waals surface area contributed by atoms with Gasteiger partial charge in [0.25, 0.3) is 0 Å². The van der Waals surface area contributed by atoms with Crippen molar-refractivity contribution in [1.29, 1.82) is 0 Å². The molecule has 0 amide bonds. The zero-order valence-corrected chi connectivity index (χ0v) is 27.7. The molecular weight excluding hydrogens is 639 g/mol. The van der Waals surface area contributed by atoms with Crippen molar-refractivity contribution in [2.45, 2.75) is 0 Å². The van der Waals surface area contributed by atoms with E-state index in [1.807, 2.05) is 48.5 Å². The van der Waals surface area contributed by atoms with E-state index in [1.54, 1.807) is 0 Å². The summed E-state index contributed by atoms with van der Waals surface area (Å²) < 4.78 is 12.6. The standard InChI is InChI=1S/C47H27N3O2/c1-2-10-32-27-33(24-21-28(32)9-1)29-19-22-31(23-20-29)45-48-46(50-47(49-45)37-15-8-18-40-43(37)34-12-3-5-16-38(34)51-40)36-14-7-11-30-25-26-41-44(42(30)36)35-13-4-6-17-39(35)52-41/h1-27H. The fourth-order valence-electron chi connectivity index (χ4n) is 7.67. The van der Waals surface area contributed by atoms with Crippen molar-refractivity contribution in [2.24, 2.45) is 0 Å². The highest BCUT2D eigenvalue weighted by Crippen LogP contribution is 2.41. The average Bonchev–Trinajstić information content (AvgIpc) is 3.79. The second-order valence-electron chi connectivity index (χ2n) is 13.2. The minimum absolute atomic E-state index is 0.581. The number of furan rings is 2. The molecule has 0 aliphatic heterocycles. The van der Waals surface area contributed by atoms with Crippen molar-refractivity contribution in [3.05, 3.63) is 164 Å². The highest BCUT2D eigenvalue weighted by molar-refractivity contribution is 6.22. The summed E-state index contributed by atoms with van der Waals surface area (Å²) in [6, 6.07) is 56.3. The van der Waals surface area contributed by atoms with E-state index in [9.17, 15) is 0 Å². The Bertz CT molecular complexity index is 3190. The maximum atomic E-state index is 6.33. The van der Waals surface area contributed by atoms with E-state index in [2.05, 4.69) is 115 Å². The number of aromatic nitrogens is 3. The third-order valence-electron chi connectivity index (χ3n) is 10.1. The SMILES string of the molecule is c1ccc2cc(-c3ccc(-c4nc(-c5cccc6oc7ccccc7c56)nc(-c5cccc6ccc7oc8ccccc8c7c56)n4)cc3)ccc2c1. The molecule has 242 valence electrons. The molecular formula is C47H27N3O2. The van der Waals surface area contributed by atoms with E-state index >= 15 is 0 Å². The van der Waals surface area contributed by atoms with E-state index in [4.69, 9.17) is 23.8 Å². The largest absolute Gasteiger partial charge is 0.456 e. The Kier molecular flexibility index (Phi) is 6.18. The predicted octanol–water partition coefficient (Wildman–Crippen LogP) is 12.6. The first kappa shape index (κ1) is 28.7. The summed E-state index contributed by atoms with van der Waals surface area (Å²) in [7, 11) is 0. The molecule has 5 heteroatoms. The molecule has 11 aromatic rings. The van der Waals surface area contributed by atoms with Crippen molar-refractivity contribution in [3.8, 4) is 45.3 Å². The van der Waals surface area contributed by atoms with Crippen LogP contribution in [0.1, 0.15) is 0 Å². The normalized spacial score (nSPS) is 11.8. The van der Waals surface area contributed by atoms with Gasteiger partial charge in [-0.15, -0.1) is 0 Å². The Hall–Kier alpha value is -7.11. The molecule has 5 nitrogen and oxygen atoms in total. The van der Waals surface area contributed by atoms with Gasteiger partial charge in [-0.3, -0.25) is 0 Å². The van der Waals surface area contributed by atoms with Gasteiger partial charge >= 0.3 is 0 Å². The van der Waals surface area contributed by atoms with E-state index in [0.29, 0.717) is 17.5 Å². The molecule has 0 aliphatic rings. The van der Waals surface area contributed by atoms with Crippen molar-refractivity contribution in [1.82, 2.24) is 15.0 Å². The highest BCUT2D eigenvalue weighted by Gasteiger charge is 2.20. The molecule has 3 heterocycles. The van der Waals surface area contributed by atoms with Crippen LogP contribution in [0, 0.1) is 0 Å². The molecule has 0 saturated heterocycles. The van der Waals surface area contributed by atoms with Crippen LogP contribution in [0.4, 0.5) is 0 Å². The molecule has 0 bridgehead atoms. The van der Waals surface area contributed by atoms with Crippen molar-refractivity contribution < 1.29 is 8.83 Å². The van der Waals surface area contributed by atoms with Crippen molar-refractivity contribution in [2.75, 3.05) is 0 Å². The zero-order valence-electron chi connectivity index (χ0n) is 27.7. The fraction of sp³-hybridized carbons (Fsp3) is 0. The summed E-state index contributed by atoms with van der Waals surface area (Å²) >= 11 is 0. The lowest BCUT2D eigenvalue weighted by Crippen LogP contribution is -2.01. The minimum Gasteiger partial charge on any atom is -0.456 e. The van der Waals surface area contributed by atoms with Gasteiger partial charge in [0.1, 0.15) is 22.3 Å². The Balaban J connectivity index is 1.15. The highest BCUT2D eigenvalue weighted by atomic mass is 16.3. The molecule has 52 heavy (non-hydrogen) atoms. The number of nitrogens with zero attached hydrogens (tertiary/aromatic N) is 3. The smallest absolute Gasteiger partial charge is 0.164 e. The monoisotopic (exact) mass is 665 g/mol. The van der Waals surface area contributed by atoms with E-state index < -0.39 is 0 Å². The molecule has 0 N–H and O–H groups in total. The summed E-state index contributed by atoms with van der Waals surface area (Å²) in [5.74, 6) is 1.76. The van der Waals surface area contributed by atoms with Crippen molar-refractivity contribution in [3.63, 3.8) is 0 Å². The third-order valence-corrected chi connectivity index (χ3v) is 10.1. The van der Waals surface area contributed by atoms with Crippen LogP contribution in [0.3, 0.4) is 0 Å². The first-order chi connectivity index (χ1) is 25.7. The van der Waals surface area contributed by atoms with Gasteiger partial charge in [0.2, 0.25) is 0 Å². The first-order valence-electron chi connectivity index (χ1n) is 17.3. The van der Waals surface area contributed by atoms with E-state index in [-0.39, 0.29) is 0 Å². The lowest BCUT2D eigenvalue weighted by Gasteiger charge is -2.12. The second kappa shape index (κ2) is 11.2. The quantitative estimate of drug-likeness (QED) is 0.187. The minimum atomic E-state index is 0.581. The van der Waals surface area contributed by atoms with Gasteiger partial charge in [-0.05, 0) is 57.6 Å². The van der Waals surface area contributed by atoms with Crippen LogP contribution >= 0.6 is 0 Å². The van der Waals surface area contributed by atoms with Crippen LogP contribution in [-0.4, -0.2) is 15.0 Å². The third kappa shape index (κ3) is 4.46. The van der Waals surface area contributed by atoms with Gasteiger partial charge in [-0.2, -0.15) is 0 Å². The molecule has 3 aromatic heterocycles. The van der Waals surface area contributed by atoms with Crippen LogP contribution in [-0.2, 0) is 0 Å². The van der Waals surface area contributed by atoms with E-state index in [0.717, 1.165) is 82.5 Å². The van der Waals surface area contributed by atoms with Crippen molar-refractivity contribution >= 4 is 65.4 Å². The second-order valence-corrected chi connectivity index (χ2v) is 13.2. The average molecular weight is 666 g/mol. The molecule has 8 aromatic carbocycles.